The van der Waals surface area contributed by atoms with Gasteiger partial charge in [0, 0.05) is 12.0 Å². The Morgan fingerprint density at radius 2 is 1.89 bits per heavy atom. The number of ketones is 1. The minimum Gasteiger partial charge on any atom is -0.330 e. The molecule has 0 aliphatic rings. The molecule has 18 heavy (non-hydrogen) atoms. The van der Waals surface area contributed by atoms with E-state index in [1.165, 1.54) is 0 Å². The zero-order valence-corrected chi connectivity index (χ0v) is 12.3. The van der Waals surface area contributed by atoms with Gasteiger partial charge >= 0.3 is 0 Å². The maximum absolute atomic E-state index is 12.0. The Morgan fingerprint density at radius 1 is 1.22 bits per heavy atom. The molecule has 2 N–H and O–H groups in total. The van der Waals surface area contributed by atoms with Crippen LogP contribution < -0.4 is 5.73 Å². The maximum Gasteiger partial charge on any atom is 0.162 e. The number of halogens is 2. The number of Topliss-reactive ketones (excluding diaryl/α,β-unsaturated/α-hetero) is 1. The molecule has 0 heterocycles. The summed E-state index contributed by atoms with van der Waals surface area (Å²) in [6, 6.07) is 5.00. The zero-order chi connectivity index (χ0) is 13.8. The van der Waals surface area contributed by atoms with Gasteiger partial charge in [-0.2, -0.15) is 0 Å². The molecular formula is C14H19Cl2NO. The Balaban J connectivity index is 2.63. The molecule has 0 saturated carbocycles. The molecule has 0 atom stereocenters. The van der Waals surface area contributed by atoms with E-state index in [0.29, 0.717) is 28.6 Å². The van der Waals surface area contributed by atoms with Crippen molar-refractivity contribution in [3.05, 3.63) is 33.8 Å². The van der Waals surface area contributed by atoms with Crippen LogP contribution in [-0.4, -0.2) is 12.3 Å². The summed E-state index contributed by atoms with van der Waals surface area (Å²) in [5, 5.41) is 0.889. The van der Waals surface area contributed by atoms with E-state index < -0.39 is 0 Å². The van der Waals surface area contributed by atoms with Crippen LogP contribution in [0.1, 0.15) is 43.5 Å². The minimum atomic E-state index is 0.0960. The van der Waals surface area contributed by atoms with Crippen LogP contribution in [0, 0.1) is 5.41 Å². The fourth-order valence-electron chi connectivity index (χ4n) is 1.78. The van der Waals surface area contributed by atoms with E-state index in [2.05, 4.69) is 13.8 Å². The summed E-state index contributed by atoms with van der Waals surface area (Å²) in [6.07, 6.45) is 2.25. The second-order valence-corrected chi connectivity index (χ2v) is 6.07. The molecule has 0 radical (unpaired) electrons. The van der Waals surface area contributed by atoms with Gasteiger partial charge in [-0.3, -0.25) is 4.79 Å². The van der Waals surface area contributed by atoms with Crippen LogP contribution in [0.4, 0.5) is 0 Å². The molecular weight excluding hydrogens is 269 g/mol. The molecule has 1 rings (SSSR count). The maximum atomic E-state index is 12.0. The third-order valence-electron chi connectivity index (χ3n) is 3.09. The number of carbonyl (C=O) groups excluding carboxylic acids is 1. The first-order valence-electron chi connectivity index (χ1n) is 6.04. The molecule has 4 heteroatoms. The fourth-order valence-corrected chi connectivity index (χ4v) is 2.08. The third kappa shape index (κ3) is 4.60. The molecule has 0 bridgehead atoms. The van der Waals surface area contributed by atoms with Gasteiger partial charge in [0.25, 0.3) is 0 Å². The Morgan fingerprint density at radius 3 is 2.44 bits per heavy atom. The summed E-state index contributed by atoms with van der Waals surface area (Å²) in [7, 11) is 0. The highest BCUT2D eigenvalue weighted by molar-refractivity contribution is 6.42. The Labute approximate surface area is 118 Å². The van der Waals surface area contributed by atoms with Crippen molar-refractivity contribution >= 4 is 29.0 Å². The summed E-state index contributed by atoms with van der Waals surface area (Å²) >= 11 is 11.7. The van der Waals surface area contributed by atoms with E-state index in [4.69, 9.17) is 28.9 Å². The van der Waals surface area contributed by atoms with Crippen LogP contribution in [-0.2, 0) is 0 Å². The van der Waals surface area contributed by atoms with Crippen molar-refractivity contribution < 1.29 is 4.79 Å². The lowest BCUT2D eigenvalue weighted by molar-refractivity contribution is 0.0961. The molecule has 100 valence electrons. The van der Waals surface area contributed by atoms with Crippen molar-refractivity contribution in [3.63, 3.8) is 0 Å². The average Bonchev–Trinajstić information content (AvgIpc) is 2.30. The van der Waals surface area contributed by atoms with Gasteiger partial charge in [0.15, 0.2) is 5.78 Å². The first kappa shape index (κ1) is 15.5. The molecule has 0 aliphatic heterocycles. The van der Waals surface area contributed by atoms with Crippen LogP contribution in [0.15, 0.2) is 18.2 Å². The van der Waals surface area contributed by atoms with E-state index in [-0.39, 0.29) is 11.2 Å². The summed E-state index contributed by atoms with van der Waals surface area (Å²) in [5.41, 5.74) is 6.27. The van der Waals surface area contributed by atoms with Crippen LogP contribution in [0.5, 0.6) is 0 Å². The van der Waals surface area contributed by atoms with E-state index in [9.17, 15) is 4.79 Å². The Hall–Kier alpha value is -0.570. The monoisotopic (exact) mass is 287 g/mol. The number of hydrogen-bond acceptors (Lipinski definition) is 2. The average molecular weight is 288 g/mol. The van der Waals surface area contributed by atoms with E-state index in [1.54, 1.807) is 18.2 Å². The smallest absolute Gasteiger partial charge is 0.162 e. The molecule has 0 fully saturated rings. The van der Waals surface area contributed by atoms with Crippen LogP contribution in [0.3, 0.4) is 0 Å². The van der Waals surface area contributed by atoms with E-state index in [1.807, 2.05) is 0 Å². The second-order valence-electron chi connectivity index (χ2n) is 5.25. The lowest BCUT2D eigenvalue weighted by atomic mass is 9.83. The van der Waals surface area contributed by atoms with Gasteiger partial charge in [0.1, 0.15) is 0 Å². The van der Waals surface area contributed by atoms with Crippen molar-refractivity contribution in [1.29, 1.82) is 0 Å². The topological polar surface area (TPSA) is 43.1 Å². The molecule has 1 aromatic carbocycles. The van der Waals surface area contributed by atoms with E-state index >= 15 is 0 Å². The minimum absolute atomic E-state index is 0.0960. The van der Waals surface area contributed by atoms with Crippen molar-refractivity contribution in [2.24, 2.45) is 11.1 Å². The lowest BCUT2D eigenvalue weighted by Crippen LogP contribution is -2.18. The highest BCUT2D eigenvalue weighted by Gasteiger charge is 2.19. The summed E-state index contributed by atoms with van der Waals surface area (Å²) in [4.78, 5) is 12.0. The molecule has 2 nitrogen and oxygen atoms in total. The number of benzene rings is 1. The van der Waals surface area contributed by atoms with Gasteiger partial charge < -0.3 is 5.73 Å². The Kier molecular flexibility index (Phi) is 5.64. The normalized spacial score (nSPS) is 11.6. The van der Waals surface area contributed by atoms with Crippen molar-refractivity contribution in [2.75, 3.05) is 6.54 Å². The molecule has 1 aromatic rings. The fraction of sp³-hybridized carbons (Fsp3) is 0.500. The van der Waals surface area contributed by atoms with Gasteiger partial charge in [-0.05, 0) is 43.0 Å². The molecule has 0 spiro atoms. The number of rotatable bonds is 6. The van der Waals surface area contributed by atoms with Gasteiger partial charge in [-0.1, -0.05) is 37.0 Å². The predicted molar refractivity (Wildman–Crippen MR) is 77.5 cm³/mol. The molecule has 0 aliphatic carbocycles. The number of carbonyl (C=O) groups is 1. The quantitative estimate of drug-likeness (QED) is 0.792. The lowest BCUT2D eigenvalue weighted by Gasteiger charge is -2.23. The number of nitrogens with two attached hydrogens (primary N) is 1. The van der Waals surface area contributed by atoms with Gasteiger partial charge in [-0.15, -0.1) is 0 Å². The standard InChI is InChI=1S/C14H19Cl2NO/c1-14(2,7-8-17)6-5-13(18)10-3-4-11(15)12(16)9-10/h3-4,9H,5-8,17H2,1-2H3. The van der Waals surface area contributed by atoms with Gasteiger partial charge in [-0.25, -0.2) is 0 Å². The predicted octanol–water partition coefficient (Wildman–Crippen LogP) is 4.33. The zero-order valence-electron chi connectivity index (χ0n) is 10.8. The summed E-state index contributed by atoms with van der Waals surface area (Å²) < 4.78 is 0. The second kappa shape index (κ2) is 6.55. The van der Waals surface area contributed by atoms with Crippen molar-refractivity contribution in [1.82, 2.24) is 0 Å². The third-order valence-corrected chi connectivity index (χ3v) is 3.83. The van der Waals surface area contributed by atoms with Crippen LogP contribution in [0.2, 0.25) is 10.0 Å². The molecule has 0 saturated heterocycles. The van der Waals surface area contributed by atoms with Crippen molar-refractivity contribution in [3.8, 4) is 0 Å². The summed E-state index contributed by atoms with van der Waals surface area (Å²) in [5.74, 6) is 0.0960. The SMILES string of the molecule is CC(C)(CCN)CCC(=O)c1ccc(Cl)c(Cl)c1. The van der Waals surface area contributed by atoms with Gasteiger partial charge in [0.05, 0.1) is 10.0 Å². The molecule has 0 aromatic heterocycles. The highest BCUT2D eigenvalue weighted by atomic mass is 35.5. The van der Waals surface area contributed by atoms with Crippen LogP contribution in [0.25, 0.3) is 0 Å². The summed E-state index contributed by atoms with van der Waals surface area (Å²) in [6.45, 7) is 4.90. The van der Waals surface area contributed by atoms with Crippen LogP contribution >= 0.6 is 23.2 Å². The number of hydrogen-bond donors (Lipinski definition) is 1. The largest absolute Gasteiger partial charge is 0.330 e. The first-order valence-corrected chi connectivity index (χ1v) is 6.79. The molecule has 0 amide bonds. The van der Waals surface area contributed by atoms with E-state index in [0.717, 1.165) is 12.8 Å². The van der Waals surface area contributed by atoms with Crippen molar-refractivity contribution in [2.45, 2.75) is 33.1 Å². The highest BCUT2D eigenvalue weighted by Crippen LogP contribution is 2.28. The first-order chi connectivity index (χ1) is 8.35. The molecule has 0 unspecified atom stereocenters. The van der Waals surface area contributed by atoms with Gasteiger partial charge in [0.2, 0.25) is 0 Å². The Bertz CT molecular complexity index is 430.